The van der Waals surface area contributed by atoms with Crippen LogP contribution in [0.15, 0.2) is 18.2 Å². The van der Waals surface area contributed by atoms with Crippen LogP contribution in [0.4, 0.5) is 17.6 Å². The molecule has 1 aromatic rings. The van der Waals surface area contributed by atoms with Gasteiger partial charge in [0, 0.05) is 0 Å². The van der Waals surface area contributed by atoms with Crippen molar-refractivity contribution < 1.29 is 22.3 Å². The molecule has 0 aromatic heterocycles. The van der Waals surface area contributed by atoms with Crippen molar-refractivity contribution in [2.24, 2.45) is 5.73 Å². The highest BCUT2D eigenvalue weighted by Crippen LogP contribution is 2.25. The topological polar surface area (TPSA) is 35.2 Å². The SMILES string of the molecule is COc1ccc(F)cc1CCC(N)C(F)(F)F. The van der Waals surface area contributed by atoms with Gasteiger partial charge in [-0.25, -0.2) is 4.39 Å². The predicted molar refractivity (Wildman–Crippen MR) is 55.3 cm³/mol. The first-order valence-corrected chi connectivity index (χ1v) is 4.99. The zero-order chi connectivity index (χ0) is 13.1. The highest BCUT2D eigenvalue weighted by Gasteiger charge is 2.36. The molecule has 0 aliphatic heterocycles. The first-order chi connectivity index (χ1) is 7.84. The number of aryl methyl sites for hydroxylation is 1. The van der Waals surface area contributed by atoms with E-state index in [0.717, 1.165) is 6.07 Å². The van der Waals surface area contributed by atoms with Crippen molar-refractivity contribution in [2.75, 3.05) is 7.11 Å². The summed E-state index contributed by atoms with van der Waals surface area (Å²) >= 11 is 0. The van der Waals surface area contributed by atoms with E-state index in [1.54, 1.807) is 0 Å². The summed E-state index contributed by atoms with van der Waals surface area (Å²) in [5, 5.41) is 0. The van der Waals surface area contributed by atoms with Gasteiger partial charge >= 0.3 is 6.18 Å². The maximum absolute atomic E-state index is 12.9. The molecule has 1 atom stereocenters. The molecule has 0 bridgehead atoms. The lowest BCUT2D eigenvalue weighted by Crippen LogP contribution is -2.37. The Balaban J connectivity index is 2.72. The van der Waals surface area contributed by atoms with Gasteiger partial charge in [0.1, 0.15) is 17.6 Å². The lowest BCUT2D eigenvalue weighted by Gasteiger charge is -2.16. The highest BCUT2D eigenvalue weighted by molar-refractivity contribution is 5.34. The van der Waals surface area contributed by atoms with Gasteiger partial charge in [0.05, 0.1) is 7.11 Å². The van der Waals surface area contributed by atoms with Crippen molar-refractivity contribution in [2.45, 2.75) is 25.1 Å². The van der Waals surface area contributed by atoms with Crippen LogP contribution in [0.3, 0.4) is 0 Å². The van der Waals surface area contributed by atoms with Crippen LogP contribution < -0.4 is 10.5 Å². The standard InChI is InChI=1S/C11H13F4NO/c1-17-9-4-3-8(12)6-7(9)2-5-10(16)11(13,14)15/h3-4,6,10H,2,5,16H2,1H3. The second-order valence-electron chi connectivity index (χ2n) is 3.64. The molecule has 0 saturated heterocycles. The molecule has 0 spiro atoms. The van der Waals surface area contributed by atoms with E-state index in [1.165, 1.54) is 19.2 Å². The molecular weight excluding hydrogens is 238 g/mol. The third-order valence-electron chi connectivity index (χ3n) is 2.39. The largest absolute Gasteiger partial charge is 0.496 e. The first kappa shape index (κ1) is 13.8. The fourth-order valence-corrected chi connectivity index (χ4v) is 1.42. The lowest BCUT2D eigenvalue weighted by molar-refractivity contribution is -0.148. The summed E-state index contributed by atoms with van der Waals surface area (Å²) in [7, 11) is 1.38. The van der Waals surface area contributed by atoms with Gasteiger partial charge < -0.3 is 10.5 Å². The Hall–Kier alpha value is -1.30. The number of alkyl halides is 3. The number of nitrogens with two attached hydrogens (primary N) is 1. The molecule has 2 N–H and O–H groups in total. The Morgan fingerprint density at radius 2 is 2.00 bits per heavy atom. The quantitative estimate of drug-likeness (QED) is 0.835. The van der Waals surface area contributed by atoms with Gasteiger partial charge in [0.25, 0.3) is 0 Å². The van der Waals surface area contributed by atoms with Crippen LogP contribution in [0, 0.1) is 5.82 Å². The maximum Gasteiger partial charge on any atom is 0.403 e. The second kappa shape index (κ2) is 5.35. The summed E-state index contributed by atoms with van der Waals surface area (Å²) in [5.74, 6) is -0.151. The average Bonchev–Trinajstić information content (AvgIpc) is 2.24. The fraction of sp³-hybridized carbons (Fsp3) is 0.455. The molecule has 1 aromatic carbocycles. The molecule has 0 fully saturated rings. The van der Waals surface area contributed by atoms with E-state index in [1.807, 2.05) is 0 Å². The Labute approximate surface area is 96.4 Å². The predicted octanol–water partition coefficient (Wildman–Crippen LogP) is 2.66. The number of ether oxygens (including phenoxy) is 1. The minimum atomic E-state index is -4.43. The molecule has 0 saturated carbocycles. The summed E-state index contributed by atoms with van der Waals surface area (Å²) < 4.78 is 54.4. The maximum atomic E-state index is 12.9. The van der Waals surface area contributed by atoms with Crippen molar-refractivity contribution in [3.05, 3.63) is 29.6 Å². The van der Waals surface area contributed by atoms with Gasteiger partial charge in [-0.1, -0.05) is 0 Å². The summed E-state index contributed by atoms with van der Waals surface area (Å²) in [5.41, 5.74) is 5.35. The van der Waals surface area contributed by atoms with E-state index in [9.17, 15) is 17.6 Å². The molecule has 2 nitrogen and oxygen atoms in total. The molecular formula is C11H13F4NO. The van der Waals surface area contributed by atoms with Crippen LogP contribution in [0.5, 0.6) is 5.75 Å². The summed E-state index contributed by atoms with van der Waals surface area (Å²) in [6.45, 7) is 0. The van der Waals surface area contributed by atoms with E-state index in [0.29, 0.717) is 11.3 Å². The molecule has 0 radical (unpaired) electrons. The zero-order valence-electron chi connectivity index (χ0n) is 9.22. The van der Waals surface area contributed by atoms with Gasteiger partial charge in [0.15, 0.2) is 0 Å². The van der Waals surface area contributed by atoms with Gasteiger partial charge in [-0.3, -0.25) is 0 Å². The monoisotopic (exact) mass is 251 g/mol. The smallest absolute Gasteiger partial charge is 0.403 e. The average molecular weight is 251 g/mol. The molecule has 1 unspecified atom stereocenters. The molecule has 1 rings (SSSR count). The van der Waals surface area contributed by atoms with E-state index < -0.39 is 18.0 Å². The third kappa shape index (κ3) is 3.89. The van der Waals surface area contributed by atoms with Crippen LogP contribution >= 0.6 is 0 Å². The van der Waals surface area contributed by atoms with E-state index in [4.69, 9.17) is 10.5 Å². The molecule has 0 amide bonds. The van der Waals surface area contributed by atoms with Crippen molar-refractivity contribution in [1.82, 2.24) is 0 Å². The number of methoxy groups -OCH3 is 1. The van der Waals surface area contributed by atoms with Gasteiger partial charge in [0.2, 0.25) is 0 Å². The summed E-state index contributed by atoms with van der Waals surface area (Å²) in [6, 6.07) is 1.81. The Morgan fingerprint density at radius 3 is 2.53 bits per heavy atom. The van der Waals surface area contributed by atoms with E-state index in [-0.39, 0.29) is 12.8 Å². The fourth-order valence-electron chi connectivity index (χ4n) is 1.42. The Kier molecular flexibility index (Phi) is 4.34. The molecule has 0 aliphatic rings. The highest BCUT2D eigenvalue weighted by atomic mass is 19.4. The van der Waals surface area contributed by atoms with Crippen molar-refractivity contribution >= 4 is 0 Å². The number of benzene rings is 1. The molecule has 17 heavy (non-hydrogen) atoms. The van der Waals surface area contributed by atoms with Gasteiger partial charge in [-0.05, 0) is 36.6 Å². The number of hydrogen-bond donors (Lipinski definition) is 1. The van der Waals surface area contributed by atoms with Crippen LogP contribution in [-0.4, -0.2) is 19.3 Å². The van der Waals surface area contributed by atoms with Crippen molar-refractivity contribution in [1.29, 1.82) is 0 Å². The van der Waals surface area contributed by atoms with Crippen molar-refractivity contribution in [3.8, 4) is 5.75 Å². The minimum absolute atomic E-state index is 0.0155. The van der Waals surface area contributed by atoms with Crippen molar-refractivity contribution in [3.63, 3.8) is 0 Å². The summed E-state index contributed by atoms with van der Waals surface area (Å²) in [4.78, 5) is 0. The lowest BCUT2D eigenvalue weighted by atomic mass is 10.0. The second-order valence-corrected chi connectivity index (χ2v) is 3.64. The Bertz CT molecular complexity index is 378. The van der Waals surface area contributed by atoms with E-state index >= 15 is 0 Å². The van der Waals surface area contributed by atoms with Crippen LogP contribution in [0.2, 0.25) is 0 Å². The molecule has 0 aliphatic carbocycles. The van der Waals surface area contributed by atoms with Gasteiger partial charge in [-0.2, -0.15) is 13.2 Å². The zero-order valence-corrected chi connectivity index (χ0v) is 9.22. The molecule has 6 heteroatoms. The first-order valence-electron chi connectivity index (χ1n) is 4.99. The van der Waals surface area contributed by atoms with Crippen LogP contribution in [0.1, 0.15) is 12.0 Å². The van der Waals surface area contributed by atoms with E-state index in [2.05, 4.69) is 0 Å². The summed E-state index contributed by atoms with van der Waals surface area (Å²) in [6.07, 6.45) is -4.72. The number of halogens is 4. The molecule has 96 valence electrons. The minimum Gasteiger partial charge on any atom is -0.496 e. The number of hydrogen-bond acceptors (Lipinski definition) is 2. The van der Waals surface area contributed by atoms with Gasteiger partial charge in [-0.15, -0.1) is 0 Å². The van der Waals surface area contributed by atoms with Crippen LogP contribution in [0.25, 0.3) is 0 Å². The number of rotatable bonds is 4. The molecule has 0 heterocycles. The normalized spacial score (nSPS) is 13.5. The third-order valence-corrected chi connectivity index (χ3v) is 2.39. The Morgan fingerprint density at radius 1 is 1.35 bits per heavy atom. The van der Waals surface area contributed by atoms with Crippen LogP contribution in [-0.2, 0) is 6.42 Å².